The van der Waals surface area contributed by atoms with Gasteiger partial charge in [0.05, 0.1) is 60.3 Å². The van der Waals surface area contributed by atoms with E-state index in [2.05, 4.69) is 37.2 Å². The average Bonchev–Trinajstić information content (AvgIpc) is 0.759. The van der Waals surface area contributed by atoms with E-state index in [1.54, 1.807) is 39.8 Å². The molecule has 0 spiro atoms. The number of aromatic hydroxyl groups is 2. The topological polar surface area (TPSA) is 622 Å². The standard InChI is InChI=1S/C92H102Cl3IN10O31/c1-38(2)24-56(106(7)90(127)129-37-128-65(113)23-22-64(111)112)83(120)104-72-74(114)45-15-20-58(52(94)26-45)132-60-28-47-29-61(78(60)137-89-79(76(116)75(115)62(36-107)134-89)136-67-34-92(6,81(118)40(4)131-67)99-35-41-8-10-42(11-9-41)43-12-17-48(93)18-13-43)133-59-21-16-46(27-53(59)95)77(135-66-33-91(5,98)80(117)39(3)130-66)73-87(124)103-71(88(125)126)51-30-49(108)31-57(109)68(51)50-25-44(14-19-54(50)96)69(84(121)105-73)102-85(122)70(47)101-82(119)55(32-63(97)110)100-86(72)123/h8-21,25-31,38-40,55-56,62,66-67,69-77,79-81,89,99,107-109,114-118H,22-24,32-37,98H2,1-7H3,(H2,97,110)(H,100,123)(H,101,119)(H,102,122)(H,103,124)(H,104,120)(H,105,121)(H,111,112)(H,125,126)/t39-,40-,55-,56+,62+,66-,67-,69+,70+,71+,72+,73-,74+,75+,76-,77+,79+,80-,81-,89-,91-,92-/m0/s1. The highest BCUT2D eigenvalue weighted by Gasteiger charge is 2.53. The molecule has 0 radical (unpaired) electrons. The molecule has 15 rings (SSSR count). The number of aliphatic carboxylic acids is 2. The Balaban J connectivity index is 0.998. The summed E-state index contributed by atoms with van der Waals surface area (Å²) in [5.41, 5.74) is 10.2. The van der Waals surface area contributed by atoms with Crippen molar-refractivity contribution in [2.24, 2.45) is 17.4 Å². The third-order valence-electron chi connectivity index (χ3n) is 24.2. The van der Waals surface area contributed by atoms with Gasteiger partial charge in [-0.2, -0.15) is 0 Å². The number of rotatable bonds is 24. The third-order valence-corrected chi connectivity index (χ3v) is 26.0. The summed E-state index contributed by atoms with van der Waals surface area (Å²) in [6.45, 7) is 7.54. The zero-order valence-electron chi connectivity index (χ0n) is 74.3. The van der Waals surface area contributed by atoms with Crippen molar-refractivity contribution in [1.82, 2.24) is 42.1 Å². The van der Waals surface area contributed by atoms with Crippen LogP contribution in [0.2, 0.25) is 15.1 Å². The molecule has 8 amide bonds. The molecule has 0 aromatic heterocycles. The molecule has 0 saturated carbocycles. The Morgan fingerprint density at radius 3 is 1.86 bits per heavy atom. The first kappa shape index (κ1) is 103. The van der Waals surface area contributed by atoms with E-state index in [1.807, 2.05) is 59.0 Å². The third kappa shape index (κ3) is 23.8. The van der Waals surface area contributed by atoms with Crippen LogP contribution in [0, 0.1) is 9.49 Å². The maximum atomic E-state index is 16.7. The lowest BCUT2D eigenvalue weighted by Gasteiger charge is -2.48. The molecule has 41 nitrogen and oxygen atoms in total. The summed E-state index contributed by atoms with van der Waals surface area (Å²) in [6.07, 6.45) is -26.7. The Hall–Kier alpha value is -11.4. The maximum absolute atomic E-state index is 16.7. The van der Waals surface area contributed by atoms with Crippen LogP contribution >= 0.6 is 57.4 Å². The molecule has 21 N–H and O–H groups in total. The highest BCUT2D eigenvalue weighted by Crippen LogP contribution is 2.51. The van der Waals surface area contributed by atoms with Gasteiger partial charge in [0.25, 0.3) is 0 Å². The lowest BCUT2D eigenvalue weighted by atomic mass is 9.84. The van der Waals surface area contributed by atoms with Gasteiger partial charge in [-0.3, -0.25) is 48.1 Å². The number of primary amides is 1. The summed E-state index contributed by atoms with van der Waals surface area (Å²) in [5.74, 6) is -18.9. The van der Waals surface area contributed by atoms with Gasteiger partial charge >= 0.3 is 24.0 Å². The minimum Gasteiger partial charge on any atom is -0.508 e. The van der Waals surface area contributed by atoms with Crippen LogP contribution in [-0.4, -0.2) is 245 Å². The quantitative estimate of drug-likeness (QED) is 0.0199. The van der Waals surface area contributed by atoms with E-state index >= 15 is 28.8 Å². The predicted molar refractivity (Wildman–Crippen MR) is 489 cm³/mol. The number of benzene rings is 7. The highest BCUT2D eigenvalue weighted by molar-refractivity contribution is 14.1. The monoisotopic (exact) mass is 2070 g/mol. The van der Waals surface area contributed by atoms with E-state index < -0.39 is 299 Å². The van der Waals surface area contributed by atoms with Crippen molar-refractivity contribution in [1.29, 1.82) is 0 Å². The molecule has 0 aliphatic carbocycles. The lowest BCUT2D eigenvalue weighted by molar-refractivity contribution is -0.334. The van der Waals surface area contributed by atoms with E-state index in [0.29, 0.717) is 5.02 Å². The van der Waals surface area contributed by atoms with Gasteiger partial charge in [-0.1, -0.05) is 103 Å². The molecule has 7 aromatic carbocycles. The van der Waals surface area contributed by atoms with Gasteiger partial charge in [0, 0.05) is 63.3 Å². The first-order valence-corrected chi connectivity index (χ1v) is 45.4. The van der Waals surface area contributed by atoms with Gasteiger partial charge in [0.15, 0.2) is 36.2 Å². The summed E-state index contributed by atoms with van der Waals surface area (Å²) in [4.78, 5) is 161. The number of esters is 1. The predicted octanol–water partition coefficient (Wildman–Crippen LogP) is 5.61. The first-order chi connectivity index (χ1) is 64.8. The van der Waals surface area contributed by atoms with Gasteiger partial charge in [0.2, 0.25) is 60.2 Å². The van der Waals surface area contributed by atoms with Crippen molar-refractivity contribution in [2.45, 2.75) is 220 Å². The maximum Gasteiger partial charge on any atom is 0.413 e. The fraction of sp³-hybridized carbons (Fsp3) is 0.424. The Bertz CT molecular complexity index is 5750. The first-order valence-electron chi connectivity index (χ1n) is 43.2. The smallest absolute Gasteiger partial charge is 0.413 e. The number of phenols is 2. The summed E-state index contributed by atoms with van der Waals surface area (Å²) in [7, 11) is 1.09. The van der Waals surface area contributed by atoms with E-state index in [1.165, 1.54) is 50.2 Å². The molecule has 8 aliphatic rings. The Morgan fingerprint density at radius 1 is 0.650 bits per heavy atom. The van der Waals surface area contributed by atoms with Gasteiger partial charge in [-0.25, -0.2) is 9.59 Å². The zero-order valence-corrected chi connectivity index (χ0v) is 78.7. The van der Waals surface area contributed by atoms with E-state index in [9.17, 15) is 69.9 Å². The number of nitrogens with two attached hydrogens (primary N) is 2. The number of nitrogens with zero attached hydrogens (tertiary/aromatic N) is 1. The van der Waals surface area contributed by atoms with Gasteiger partial charge in [0.1, 0.15) is 89.8 Å². The van der Waals surface area contributed by atoms with Crippen molar-refractivity contribution < 1.29 is 151 Å². The molecular formula is C92H102Cl3IN10O31. The van der Waals surface area contributed by atoms with Crippen LogP contribution in [0.1, 0.15) is 144 Å². The summed E-state index contributed by atoms with van der Waals surface area (Å²) < 4.78 is 63.3. The number of hydrogen-bond donors (Lipinski definition) is 19. The molecule has 11 bridgehead atoms. The fourth-order valence-electron chi connectivity index (χ4n) is 16.9. The summed E-state index contributed by atoms with van der Waals surface area (Å²) >= 11 is 22.8. The number of amides is 8. The minimum atomic E-state index is -2.45. The van der Waals surface area contributed by atoms with Crippen LogP contribution in [0.15, 0.2) is 127 Å². The number of carbonyl (C=O) groups excluding carboxylic acids is 9. The number of carbonyl (C=O) groups is 11. The molecule has 137 heavy (non-hydrogen) atoms. The molecule has 45 heteroatoms. The second kappa shape index (κ2) is 43.3. The van der Waals surface area contributed by atoms with Crippen LogP contribution in [0.25, 0.3) is 22.3 Å². The minimum absolute atomic E-state index is 0.0964. The number of halogens is 4. The SMILES string of the molecule is CC(C)C[C@H](C(=O)N[C@H]1C(=O)N[C@@H](CC(N)=O)C(=O)N[C@H]2C(=O)N[C@H]3C(=O)N[C@H](C(=O)N[C@@H](C(=O)O)c4cc(O)cc(O)c4-c4cc3ccc4I)[C@H](O[C@H]3C[C@](C)(N)[C@@H](O)[C@H](C)O3)c3ccc(c(Cl)c3)Oc3cc2cc(c3O[C@@H]2O[C@H](CO)[C@@H](O)[C@H](O)[C@H]2O[C@H]2C[C@](C)(NCc3ccc(-c4ccc(Cl)cc4)cc3)[C@@H](O)[C@H](C)O2)Oc2ccc(cc2Cl)[C@H]1O)N(C)C(=O)OCOC(=O)CCC(=O)O. The van der Waals surface area contributed by atoms with Crippen LogP contribution in [0.4, 0.5) is 4.79 Å². The molecule has 3 saturated heterocycles. The molecule has 8 heterocycles. The van der Waals surface area contributed by atoms with Gasteiger partial charge in [-0.05, 0) is 174 Å². The molecular weight excluding hydrogens is 1970 g/mol. The number of aliphatic hydroxyl groups is 6. The average molecular weight is 2080 g/mol. The fourth-order valence-corrected chi connectivity index (χ4v) is 18.0. The second-order valence-electron chi connectivity index (χ2n) is 34.9. The van der Waals surface area contributed by atoms with Crippen LogP contribution < -0.4 is 62.9 Å². The van der Waals surface area contributed by atoms with Crippen molar-refractivity contribution in [3.8, 4) is 62.5 Å². The highest BCUT2D eigenvalue weighted by atomic mass is 127. The van der Waals surface area contributed by atoms with Crippen LogP contribution in [-0.2, 0) is 87.6 Å². The number of carboxylic acids is 2. The number of nitrogens with one attached hydrogen (secondary N) is 7. The second-order valence-corrected chi connectivity index (χ2v) is 37.3. The van der Waals surface area contributed by atoms with Crippen LogP contribution in [0.5, 0.6) is 40.2 Å². The molecule has 3 fully saturated rings. The number of carboxylic acid groups (broad SMARTS) is 2. The van der Waals surface area contributed by atoms with E-state index in [4.69, 9.17) is 98.7 Å². The number of hydrogen-bond acceptors (Lipinski definition) is 31. The number of phenolic OH excluding ortho intramolecular Hbond substituents is 2. The Morgan fingerprint density at radius 2 is 1.25 bits per heavy atom. The molecule has 22 atom stereocenters. The number of ether oxygens (including phenoxy) is 10. The molecule has 7 aromatic rings. The van der Waals surface area contributed by atoms with Gasteiger partial charge in [-0.15, -0.1) is 0 Å². The number of aliphatic hydroxyl groups excluding tert-OH is 6. The number of likely N-dealkylation sites (N-methyl/N-ethyl adjacent to an activating group) is 1. The van der Waals surface area contributed by atoms with Crippen molar-refractivity contribution in [2.75, 3.05) is 20.4 Å². The van der Waals surface area contributed by atoms with Crippen molar-refractivity contribution in [3.63, 3.8) is 0 Å². The number of fused-ring (bicyclic) bond motifs is 15. The van der Waals surface area contributed by atoms with E-state index in [0.717, 1.165) is 71.1 Å². The summed E-state index contributed by atoms with van der Waals surface area (Å²) in [5, 5.41) is 133. The van der Waals surface area contributed by atoms with Crippen molar-refractivity contribution >= 4 is 123 Å². The summed E-state index contributed by atoms with van der Waals surface area (Å²) in [6, 6.07) is 14.0. The Labute approximate surface area is 810 Å². The van der Waals surface area contributed by atoms with Crippen molar-refractivity contribution in [3.05, 3.63) is 179 Å². The molecule has 0 unspecified atom stereocenters. The van der Waals surface area contributed by atoms with E-state index in [-0.39, 0.29) is 57.2 Å². The zero-order chi connectivity index (χ0) is 99.4. The lowest BCUT2D eigenvalue weighted by Crippen LogP contribution is -2.65. The molecule has 734 valence electrons. The van der Waals surface area contributed by atoms with Crippen LogP contribution in [0.3, 0.4) is 0 Å². The van der Waals surface area contributed by atoms with Gasteiger partial charge < -0.3 is 147 Å². The normalized spacial score (nSPS) is 28.0. The molecule has 8 aliphatic heterocycles. The Kier molecular flexibility index (Phi) is 32.6. The largest absolute Gasteiger partial charge is 0.508 e.